The third kappa shape index (κ3) is 3.47. The van der Waals surface area contributed by atoms with Crippen molar-refractivity contribution < 1.29 is 14.6 Å². The van der Waals surface area contributed by atoms with Gasteiger partial charge in [-0.25, -0.2) is 4.79 Å². The van der Waals surface area contributed by atoms with Crippen LogP contribution < -0.4 is 5.73 Å². The summed E-state index contributed by atoms with van der Waals surface area (Å²) in [5.41, 5.74) is 5.51. The predicted molar refractivity (Wildman–Crippen MR) is 65.7 cm³/mol. The van der Waals surface area contributed by atoms with Gasteiger partial charge in [-0.3, -0.25) is 4.99 Å². The summed E-state index contributed by atoms with van der Waals surface area (Å²) >= 11 is 0. The molecule has 1 heterocycles. The van der Waals surface area contributed by atoms with Crippen LogP contribution in [0.4, 0.5) is 0 Å². The summed E-state index contributed by atoms with van der Waals surface area (Å²) in [5, 5.41) is 9.12. The molecule has 5 heteroatoms. The maximum Gasteiger partial charge on any atom is 0.328 e. The summed E-state index contributed by atoms with van der Waals surface area (Å²) in [7, 11) is 0. The average molecular weight is 240 g/mol. The highest BCUT2D eigenvalue weighted by Crippen LogP contribution is 2.24. The van der Waals surface area contributed by atoms with Crippen LogP contribution >= 0.6 is 0 Å². The van der Waals surface area contributed by atoms with Crippen LogP contribution in [0.25, 0.3) is 0 Å². The first-order chi connectivity index (χ1) is 7.72. The summed E-state index contributed by atoms with van der Waals surface area (Å²) in [6.07, 6.45) is 2.10. The number of aliphatic carboxylic acids is 1. The minimum atomic E-state index is -0.916. The molecule has 0 radical (unpaired) electrons. The molecule has 0 saturated carbocycles. The lowest BCUT2D eigenvalue weighted by Gasteiger charge is -2.21. The molecule has 0 amide bonds. The number of aliphatic imine (C=N–C) groups is 1. The van der Waals surface area contributed by atoms with Crippen molar-refractivity contribution in [2.24, 2.45) is 16.6 Å². The van der Waals surface area contributed by atoms with Crippen molar-refractivity contribution in [3.8, 4) is 0 Å². The zero-order valence-electron chi connectivity index (χ0n) is 10.7. The highest BCUT2D eigenvalue weighted by molar-refractivity contribution is 6.04. The number of carboxylic acid groups (broad SMARTS) is 1. The van der Waals surface area contributed by atoms with Gasteiger partial charge < -0.3 is 15.6 Å². The van der Waals surface area contributed by atoms with E-state index in [0.29, 0.717) is 12.1 Å². The van der Waals surface area contributed by atoms with E-state index in [0.717, 1.165) is 0 Å². The number of carbonyl (C=O) groups is 1. The highest BCUT2D eigenvalue weighted by Gasteiger charge is 2.33. The predicted octanol–water partition coefficient (Wildman–Crippen LogP) is 1.54. The van der Waals surface area contributed by atoms with Crippen LogP contribution in [0.1, 0.15) is 34.1 Å². The highest BCUT2D eigenvalue weighted by atomic mass is 16.5. The quantitative estimate of drug-likeness (QED) is 0.780. The van der Waals surface area contributed by atoms with Gasteiger partial charge in [-0.05, 0) is 26.2 Å². The van der Waals surface area contributed by atoms with Crippen LogP contribution in [0, 0.1) is 5.92 Å². The first kappa shape index (κ1) is 13.5. The topological polar surface area (TPSA) is 84.9 Å². The summed E-state index contributed by atoms with van der Waals surface area (Å²) < 4.78 is 5.36. The summed E-state index contributed by atoms with van der Waals surface area (Å²) in [4.78, 5) is 15.4. The fourth-order valence-corrected chi connectivity index (χ4v) is 1.70. The molecule has 0 aromatic rings. The Kier molecular flexibility index (Phi) is 3.80. The molecule has 1 rings (SSSR count). The van der Waals surface area contributed by atoms with Crippen LogP contribution in [0.5, 0.6) is 0 Å². The van der Waals surface area contributed by atoms with E-state index in [-0.39, 0.29) is 11.8 Å². The monoisotopic (exact) mass is 240 g/mol. The number of nitrogens with zero attached hydrogens (tertiary/aromatic N) is 1. The first-order valence-electron chi connectivity index (χ1n) is 5.69. The summed E-state index contributed by atoms with van der Waals surface area (Å²) in [6, 6.07) is -0.741. The molecule has 0 bridgehead atoms. The second-order valence-electron chi connectivity index (χ2n) is 5.16. The van der Waals surface area contributed by atoms with Crippen LogP contribution in [0.3, 0.4) is 0 Å². The van der Waals surface area contributed by atoms with Crippen LogP contribution in [0.2, 0.25) is 0 Å². The number of rotatable bonds is 4. The van der Waals surface area contributed by atoms with Crippen molar-refractivity contribution >= 4 is 11.7 Å². The van der Waals surface area contributed by atoms with Crippen molar-refractivity contribution in [2.75, 3.05) is 0 Å². The van der Waals surface area contributed by atoms with E-state index in [2.05, 4.69) is 4.99 Å². The van der Waals surface area contributed by atoms with Crippen LogP contribution in [-0.4, -0.2) is 28.4 Å². The van der Waals surface area contributed by atoms with Crippen molar-refractivity contribution in [1.29, 1.82) is 0 Å². The molecule has 0 aromatic heterocycles. The summed E-state index contributed by atoms with van der Waals surface area (Å²) in [5.74, 6) is -0.365. The molecule has 5 nitrogen and oxygen atoms in total. The van der Waals surface area contributed by atoms with Gasteiger partial charge >= 0.3 is 5.97 Å². The molecule has 0 aromatic carbocycles. The Hall–Kier alpha value is -1.52. The zero-order chi connectivity index (χ0) is 13.2. The lowest BCUT2D eigenvalue weighted by Crippen LogP contribution is -2.32. The molecule has 3 N–H and O–H groups in total. The fourth-order valence-electron chi connectivity index (χ4n) is 1.70. The first-order valence-corrected chi connectivity index (χ1v) is 5.69. The van der Waals surface area contributed by atoms with E-state index < -0.39 is 17.6 Å². The zero-order valence-corrected chi connectivity index (χ0v) is 10.7. The second kappa shape index (κ2) is 4.77. The Morgan fingerprint density at radius 1 is 1.59 bits per heavy atom. The van der Waals surface area contributed by atoms with Crippen LogP contribution in [0.15, 0.2) is 17.0 Å². The number of hydrogen-bond acceptors (Lipinski definition) is 4. The van der Waals surface area contributed by atoms with E-state index in [1.807, 2.05) is 27.7 Å². The maximum atomic E-state index is 11.1. The molecule has 0 spiro atoms. The van der Waals surface area contributed by atoms with Gasteiger partial charge in [0.2, 0.25) is 0 Å². The molecule has 1 aliphatic rings. The van der Waals surface area contributed by atoms with Crippen LogP contribution in [-0.2, 0) is 9.53 Å². The van der Waals surface area contributed by atoms with Crippen molar-refractivity contribution in [2.45, 2.75) is 45.8 Å². The Morgan fingerprint density at radius 2 is 2.18 bits per heavy atom. The number of carboxylic acids is 1. The molecule has 17 heavy (non-hydrogen) atoms. The van der Waals surface area contributed by atoms with Crippen molar-refractivity contribution in [3.63, 3.8) is 0 Å². The normalized spacial score (nSPS) is 22.4. The number of hydrogen-bond donors (Lipinski definition) is 2. The summed E-state index contributed by atoms with van der Waals surface area (Å²) in [6.45, 7) is 7.57. The Labute approximate surface area is 101 Å². The lowest BCUT2D eigenvalue weighted by atomic mass is 10.0. The SMILES string of the molecule is CC(C)CC(N=C1C=C(N)OC1(C)C)C(=O)O. The maximum absolute atomic E-state index is 11.1. The Balaban J connectivity index is 2.94. The van der Waals surface area contributed by atoms with E-state index in [1.165, 1.54) is 0 Å². The number of nitrogens with two attached hydrogens (primary N) is 1. The minimum Gasteiger partial charge on any atom is -0.480 e. The lowest BCUT2D eigenvalue weighted by molar-refractivity contribution is -0.138. The molecular formula is C12H20N2O3. The van der Waals surface area contributed by atoms with Gasteiger partial charge in [0.05, 0.1) is 5.71 Å². The fraction of sp³-hybridized carbons (Fsp3) is 0.667. The molecule has 1 aliphatic heterocycles. The standard InChI is InChI=1S/C12H20N2O3/c1-7(2)5-8(11(15)16)14-9-6-10(13)17-12(9,3)4/h6-8H,5,13H2,1-4H3,(H,15,16). The van der Waals surface area contributed by atoms with Gasteiger partial charge in [0.1, 0.15) is 11.6 Å². The molecular weight excluding hydrogens is 220 g/mol. The van der Waals surface area contributed by atoms with E-state index in [1.54, 1.807) is 6.08 Å². The van der Waals surface area contributed by atoms with Gasteiger partial charge in [0.15, 0.2) is 5.88 Å². The Bertz CT molecular complexity index is 370. The van der Waals surface area contributed by atoms with E-state index >= 15 is 0 Å². The smallest absolute Gasteiger partial charge is 0.328 e. The third-order valence-corrected chi connectivity index (χ3v) is 2.54. The van der Waals surface area contributed by atoms with E-state index in [4.69, 9.17) is 15.6 Å². The molecule has 0 aliphatic carbocycles. The average Bonchev–Trinajstić information content (AvgIpc) is 2.37. The number of ether oxygens (including phenoxy) is 1. The van der Waals surface area contributed by atoms with Gasteiger partial charge in [-0.1, -0.05) is 13.8 Å². The minimum absolute atomic E-state index is 0.271. The molecule has 96 valence electrons. The van der Waals surface area contributed by atoms with Gasteiger partial charge in [-0.15, -0.1) is 0 Å². The molecule has 0 saturated heterocycles. The Morgan fingerprint density at radius 3 is 2.53 bits per heavy atom. The van der Waals surface area contributed by atoms with Gasteiger partial charge in [0.25, 0.3) is 0 Å². The van der Waals surface area contributed by atoms with Gasteiger partial charge in [0, 0.05) is 6.08 Å². The van der Waals surface area contributed by atoms with E-state index in [9.17, 15) is 4.79 Å². The largest absolute Gasteiger partial charge is 0.480 e. The van der Waals surface area contributed by atoms with Crippen molar-refractivity contribution in [1.82, 2.24) is 0 Å². The molecule has 1 unspecified atom stereocenters. The molecule has 1 atom stereocenters. The third-order valence-electron chi connectivity index (χ3n) is 2.54. The van der Waals surface area contributed by atoms with Gasteiger partial charge in [-0.2, -0.15) is 0 Å². The second-order valence-corrected chi connectivity index (χ2v) is 5.16. The molecule has 0 fully saturated rings. The van der Waals surface area contributed by atoms with Crippen molar-refractivity contribution in [3.05, 3.63) is 12.0 Å².